The zero-order valence-electron chi connectivity index (χ0n) is 15.7. The molecule has 30 heavy (non-hydrogen) atoms. The number of amides is 8. The van der Waals surface area contributed by atoms with Crippen molar-refractivity contribution in [3.05, 3.63) is 12.2 Å². The Morgan fingerprint density at radius 3 is 1.23 bits per heavy atom. The first-order valence-corrected chi connectivity index (χ1v) is 9.29. The van der Waals surface area contributed by atoms with Crippen molar-refractivity contribution < 1.29 is 38.4 Å². The first-order chi connectivity index (χ1) is 14.2. The van der Waals surface area contributed by atoms with Gasteiger partial charge < -0.3 is 0 Å². The molecule has 12 heteroatoms. The summed E-state index contributed by atoms with van der Waals surface area (Å²) < 4.78 is 0. The summed E-state index contributed by atoms with van der Waals surface area (Å²) in [5.74, 6) is -9.23. The van der Waals surface area contributed by atoms with Gasteiger partial charge in [0.1, 0.15) is 0 Å². The maximum absolute atomic E-state index is 12.7. The second-order valence-corrected chi connectivity index (χ2v) is 7.24. The highest BCUT2D eigenvalue weighted by atomic mass is 16.2. The summed E-state index contributed by atoms with van der Waals surface area (Å²) in [6.45, 7) is -0.876. The minimum Gasteiger partial charge on any atom is -0.276 e. The second kappa shape index (κ2) is 6.68. The molecule has 0 atom stereocenters. The van der Waals surface area contributed by atoms with Crippen LogP contribution >= 0.6 is 0 Å². The summed E-state index contributed by atoms with van der Waals surface area (Å²) in [6.07, 6.45) is 0.314. The smallest absolute Gasteiger partial charge is 0.257 e. The minimum absolute atomic E-state index is 0.154. The summed E-state index contributed by atoms with van der Waals surface area (Å²) in [7, 11) is 0. The molecule has 0 aromatic heterocycles. The van der Waals surface area contributed by atoms with Crippen LogP contribution in [0.2, 0.25) is 0 Å². The summed E-state index contributed by atoms with van der Waals surface area (Å²) in [5, 5.41) is 0. The monoisotopic (exact) mass is 416 g/mol. The van der Waals surface area contributed by atoms with Crippen LogP contribution in [0, 0.1) is 0 Å². The molecule has 4 aliphatic rings. The van der Waals surface area contributed by atoms with Gasteiger partial charge >= 0.3 is 0 Å². The number of hydrogen-bond donors (Lipinski definition) is 0. The predicted molar refractivity (Wildman–Crippen MR) is 91.9 cm³/mol. The zero-order valence-corrected chi connectivity index (χ0v) is 15.7. The topological polar surface area (TPSA) is 150 Å². The Labute approximate surface area is 169 Å². The van der Waals surface area contributed by atoms with Crippen molar-refractivity contribution in [3.8, 4) is 0 Å². The van der Waals surface area contributed by atoms with Crippen LogP contribution in [0.4, 0.5) is 0 Å². The van der Waals surface area contributed by atoms with Crippen LogP contribution in [0.1, 0.15) is 38.5 Å². The third-order valence-electron chi connectivity index (χ3n) is 5.51. The number of nitrogens with zero attached hydrogens (tertiary/aromatic N) is 4. The standard InChI is InChI=1S/C18H16N4O8/c23-10-1-2-11(24)19(10)9-18(20-12(25)3-4-13(20)26,21-14(27)5-6-15(21)28)22-16(29)7-8-17(22)30/h3-4H,1-2,5-9H2. The van der Waals surface area contributed by atoms with E-state index in [1.807, 2.05) is 0 Å². The maximum atomic E-state index is 12.7. The Kier molecular flexibility index (Phi) is 4.36. The van der Waals surface area contributed by atoms with E-state index in [2.05, 4.69) is 0 Å². The van der Waals surface area contributed by atoms with Gasteiger partial charge in [0.05, 0.1) is 6.54 Å². The number of hydrogen-bond acceptors (Lipinski definition) is 8. The van der Waals surface area contributed by atoms with Crippen LogP contribution in [0.15, 0.2) is 12.2 Å². The van der Waals surface area contributed by atoms with Crippen molar-refractivity contribution in [1.82, 2.24) is 19.6 Å². The summed E-state index contributed by atoms with van der Waals surface area (Å²) in [4.78, 5) is 103. The average molecular weight is 416 g/mol. The fraction of sp³-hybridized carbons (Fsp3) is 0.444. The Hall–Kier alpha value is -3.70. The van der Waals surface area contributed by atoms with Gasteiger partial charge in [-0.05, 0) is 0 Å². The molecule has 8 amide bonds. The van der Waals surface area contributed by atoms with Crippen LogP contribution in [-0.4, -0.2) is 79.2 Å². The SMILES string of the molecule is O=C1CCC(=O)N1CC(N1C(=O)C=CC1=O)(N1C(=O)CCC1=O)N1C(=O)CCC1=O. The molecular weight excluding hydrogens is 400 g/mol. The zero-order chi connectivity index (χ0) is 21.8. The van der Waals surface area contributed by atoms with Gasteiger partial charge in [0.15, 0.2) is 0 Å². The van der Waals surface area contributed by atoms with E-state index in [9.17, 15) is 38.4 Å². The first-order valence-electron chi connectivity index (χ1n) is 9.29. The highest BCUT2D eigenvalue weighted by Crippen LogP contribution is 2.38. The lowest BCUT2D eigenvalue weighted by Gasteiger charge is -2.50. The normalized spacial score (nSPS) is 22.8. The number of likely N-dealkylation sites (tertiary alicyclic amines) is 3. The molecule has 12 nitrogen and oxygen atoms in total. The number of carbonyl (C=O) groups excluding carboxylic acids is 8. The van der Waals surface area contributed by atoms with E-state index in [0.29, 0.717) is 19.6 Å². The molecule has 0 aliphatic carbocycles. The van der Waals surface area contributed by atoms with Gasteiger partial charge in [0, 0.05) is 50.7 Å². The molecule has 0 aromatic carbocycles. The van der Waals surface area contributed by atoms with Crippen LogP contribution in [0.5, 0.6) is 0 Å². The van der Waals surface area contributed by atoms with Crippen LogP contribution < -0.4 is 0 Å². The maximum Gasteiger partial charge on any atom is 0.257 e. The number of imide groups is 4. The largest absolute Gasteiger partial charge is 0.276 e. The molecule has 0 aromatic rings. The van der Waals surface area contributed by atoms with Crippen molar-refractivity contribution in [3.63, 3.8) is 0 Å². The summed E-state index contributed by atoms with van der Waals surface area (Å²) in [6, 6.07) is 0. The number of carbonyl (C=O) groups is 8. The lowest BCUT2D eigenvalue weighted by Crippen LogP contribution is -2.77. The molecule has 4 heterocycles. The van der Waals surface area contributed by atoms with Gasteiger partial charge in [-0.2, -0.15) is 0 Å². The molecule has 0 saturated carbocycles. The Bertz CT molecular complexity index is 875. The molecule has 4 rings (SSSR count). The average Bonchev–Trinajstić information content (AvgIpc) is 3.40. The molecule has 0 bridgehead atoms. The van der Waals surface area contributed by atoms with E-state index in [-0.39, 0.29) is 38.5 Å². The van der Waals surface area contributed by atoms with E-state index >= 15 is 0 Å². The summed E-state index contributed by atoms with van der Waals surface area (Å²) in [5.41, 5.74) is 0. The molecule has 3 fully saturated rings. The van der Waals surface area contributed by atoms with Gasteiger partial charge in [-0.3, -0.25) is 43.3 Å². The third-order valence-corrected chi connectivity index (χ3v) is 5.51. The fourth-order valence-electron chi connectivity index (χ4n) is 4.23. The van der Waals surface area contributed by atoms with Crippen molar-refractivity contribution in [2.45, 2.75) is 44.3 Å². The molecule has 0 radical (unpaired) electrons. The van der Waals surface area contributed by atoms with Crippen molar-refractivity contribution >= 4 is 47.3 Å². The Morgan fingerprint density at radius 1 is 0.533 bits per heavy atom. The molecular formula is C18H16N4O8. The lowest BCUT2D eigenvalue weighted by molar-refractivity contribution is -0.196. The quantitative estimate of drug-likeness (QED) is 0.468. The van der Waals surface area contributed by atoms with Gasteiger partial charge in [-0.25, -0.2) is 14.7 Å². The van der Waals surface area contributed by atoms with E-state index in [1.165, 1.54) is 0 Å². The molecule has 4 aliphatic heterocycles. The Balaban J connectivity index is 1.97. The molecule has 156 valence electrons. The van der Waals surface area contributed by atoms with Crippen molar-refractivity contribution in [1.29, 1.82) is 0 Å². The van der Waals surface area contributed by atoms with E-state index in [4.69, 9.17) is 0 Å². The van der Waals surface area contributed by atoms with Crippen LogP contribution in [0.3, 0.4) is 0 Å². The molecule has 3 saturated heterocycles. The van der Waals surface area contributed by atoms with Crippen molar-refractivity contribution in [2.24, 2.45) is 0 Å². The van der Waals surface area contributed by atoms with Gasteiger partial charge in [-0.15, -0.1) is 0 Å². The summed E-state index contributed by atoms with van der Waals surface area (Å²) >= 11 is 0. The van der Waals surface area contributed by atoms with Gasteiger partial charge in [0.25, 0.3) is 11.8 Å². The molecule has 0 N–H and O–H groups in total. The highest BCUT2D eigenvalue weighted by Gasteiger charge is 2.64. The fourth-order valence-corrected chi connectivity index (χ4v) is 4.23. The third kappa shape index (κ3) is 2.60. The van der Waals surface area contributed by atoms with E-state index in [0.717, 1.165) is 12.2 Å². The Morgan fingerprint density at radius 2 is 0.867 bits per heavy atom. The van der Waals surface area contributed by atoms with Crippen LogP contribution in [-0.2, 0) is 38.4 Å². The van der Waals surface area contributed by atoms with Crippen LogP contribution in [0.25, 0.3) is 0 Å². The number of rotatable bonds is 5. The van der Waals surface area contributed by atoms with E-state index < -0.39 is 59.6 Å². The first kappa shape index (κ1) is 19.6. The predicted octanol–water partition coefficient (Wildman–Crippen LogP) is -1.99. The lowest BCUT2D eigenvalue weighted by atomic mass is 10.1. The van der Waals surface area contributed by atoms with E-state index in [1.54, 1.807) is 0 Å². The molecule has 0 spiro atoms. The van der Waals surface area contributed by atoms with Gasteiger partial charge in [0.2, 0.25) is 41.2 Å². The highest BCUT2D eigenvalue weighted by molar-refractivity contribution is 6.16. The van der Waals surface area contributed by atoms with Crippen molar-refractivity contribution in [2.75, 3.05) is 6.54 Å². The minimum atomic E-state index is -2.58. The van der Waals surface area contributed by atoms with Gasteiger partial charge in [-0.1, -0.05) is 0 Å². The molecule has 0 unspecified atom stereocenters. The second-order valence-electron chi connectivity index (χ2n) is 7.24.